The smallest absolute Gasteiger partial charge is 0.253 e. The number of aromatic nitrogens is 5. The minimum atomic E-state index is -0.563. The summed E-state index contributed by atoms with van der Waals surface area (Å²) >= 11 is 6.62. The summed E-state index contributed by atoms with van der Waals surface area (Å²) in [7, 11) is 1.64. The molecule has 38 heavy (non-hydrogen) atoms. The maximum Gasteiger partial charge on any atom is 0.253 e. The molecule has 0 aliphatic rings. The molecule has 0 radical (unpaired) electrons. The number of H-pyrrole nitrogens is 1. The van der Waals surface area contributed by atoms with Gasteiger partial charge in [-0.15, -0.1) is 5.10 Å². The molecule has 0 amide bonds. The van der Waals surface area contributed by atoms with Gasteiger partial charge in [-0.2, -0.15) is 0 Å². The molecule has 2 heterocycles. The second-order valence-corrected chi connectivity index (χ2v) is 9.69. The van der Waals surface area contributed by atoms with Crippen molar-refractivity contribution in [2.75, 3.05) is 13.7 Å². The van der Waals surface area contributed by atoms with Crippen LogP contribution in [0.5, 0.6) is 0 Å². The first-order valence-corrected chi connectivity index (χ1v) is 12.8. The van der Waals surface area contributed by atoms with Crippen molar-refractivity contribution in [3.63, 3.8) is 0 Å². The standard InChI is InChI=1S/C29H29ClN6O2/c1-20-12-13-26-23(16-20)17-24(29(37)31-26)27(28-32-33-34-36(28)14-15-38-2)35(18-21-8-4-3-5-9-21)19-22-10-6-7-11-25(22)30/h3-13,16-17,27H,14-15,18-19H2,1-2H3,(H,31,37). The van der Waals surface area contributed by atoms with E-state index < -0.39 is 6.04 Å². The van der Waals surface area contributed by atoms with Crippen molar-refractivity contribution in [2.45, 2.75) is 32.6 Å². The summed E-state index contributed by atoms with van der Waals surface area (Å²) in [6, 6.07) is 25.3. The van der Waals surface area contributed by atoms with Crippen LogP contribution in [0.4, 0.5) is 0 Å². The number of methoxy groups -OCH3 is 1. The van der Waals surface area contributed by atoms with Gasteiger partial charge < -0.3 is 9.72 Å². The van der Waals surface area contributed by atoms with Gasteiger partial charge in [0.05, 0.1) is 13.2 Å². The van der Waals surface area contributed by atoms with E-state index in [1.54, 1.807) is 11.8 Å². The molecule has 0 fully saturated rings. The number of pyridine rings is 1. The highest BCUT2D eigenvalue weighted by atomic mass is 35.5. The molecule has 2 aromatic heterocycles. The van der Waals surface area contributed by atoms with Gasteiger partial charge in [-0.3, -0.25) is 9.69 Å². The van der Waals surface area contributed by atoms with E-state index >= 15 is 0 Å². The van der Waals surface area contributed by atoms with Crippen molar-refractivity contribution in [3.8, 4) is 0 Å². The SMILES string of the molecule is COCCn1nnnc1C(c1cc2cc(C)ccc2[nH]c1=O)N(Cc1ccccc1)Cc1ccccc1Cl. The number of hydrogen-bond acceptors (Lipinski definition) is 6. The van der Waals surface area contributed by atoms with Gasteiger partial charge in [0.25, 0.3) is 5.56 Å². The van der Waals surface area contributed by atoms with Crippen LogP contribution in [0, 0.1) is 6.92 Å². The first-order valence-electron chi connectivity index (χ1n) is 12.4. The van der Waals surface area contributed by atoms with Gasteiger partial charge in [0.2, 0.25) is 0 Å². The molecule has 5 rings (SSSR count). The number of hydrogen-bond donors (Lipinski definition) is 1. The summed E-state index contributed by atoms with van der Waals surface area (Å²) in [5, 5.41) is 14.2. The van der Waals surface area contributed by atoms with E-state index in [2.05, 4.69) is 43.6 Å². The fourth-order valence-electron chi connectivity index (χ4n) is 4.69. The van der Waals surface area contributed by atoms with Crippen molar-refractivity contribution in [1.29, 1.82) is 0 Å². The van der Waals surface area contributed by atoms with Gasteiger partial charge in [0, 0.05) is 36.3 Å². The van der Waals surface area contributed by atoms with E-state index in [1.807, 2.05) is 67.6 Å². The number of aromatic amines is 1. The molecule has 0 bridgehead atoms. The Bertz CT molecular complexity index is 1580. The van der Waals surface area contributed by atoms with Crippen LogP contribution in [-0.4, -0.2) is 43.8 Å². The normalized spacial score (nSPS) is 12.3. The molecule has 0 aliphatic heterocycles. The first kappa shape index (κ1) is 25.8. The van der Waals surface area contributed by atoms with Crippen LogP contribution in [0.3, 0.4) is 0 Å². The second-order valence-electron chi connectivity index (χ2n) is 9.28. The molecule has 3 aromatic carbocycles. The lowest BCUT2D eigenvalue weighted by atomic mass is 10.0. The van der Waals surface area contributed by atoms with Crippen LogP contribution in [0.2, 0.25) is 5.02 Å². The summed E-state index contributed by atoms with van der Waals surface area (Å²) in [6.07, 6.45) is 0. The number of halogens is 1. The fourth-order valence-corrected chi connectivity index (χ4v) is 4.89. The summed E-state index contributed by atoms with van der Waals surface area (Å²) in [5.74, 6) is 0.558. The third-order valence-corrected chi connectivity index (χ3v) is 6.93. The molecule has 0 aliphatic carbocycles. The van der Waals surface area contributed by atoms with Crippen molar-refractivity contribution < 1.29 is 4.74 Å². The van der Waals surface area contributed by atoms with Crippen molar-refractivity contribution in [1.82, 2.24) is 30.1 Å². The van der Waals surface area contributed by atoms with E-state index in [4.69, 9.17) is 16.3 Å². The Labute approximate surface area is 225 Å². The number of aryl methyl sites for hydroxylation is 1. The highest BCUT2D eigenvalue weighted by Gasteiger charge is 2.31. The third-order valence-electron chi connectivity index (χ3n) is 6.56. The minimum Gasteiger partial charge on any atom is -0.383 e. The van der Waals surface area contributed by atoms with Crippen LogP contribution in [0.25, 0.3) is 10.9 Å². The monoisotopic (exact) mass is 528 g/mol. The number of benzene rings is 3. The van der Waals surface area contributed by atoms with E-state index in [1.165, 1.54) is 0 Å². The summed E-state index contributed by atoms with van der Waals surface area (Å²) in [6.45, 7) is 3.93. The van der Waals surface area contributed by atoms with E-state index in [-0.39, 0.29) is 5.56 Å². The fraction of sp³-hybridized carbons (Fsp3) is 0.241. The zero-order valence-corrected chi connectivity index (χ0v) is 22.1. The van der Waals surface area contributed by atoms with Crippen LogP contribution >= 0.6 is 11.6 Å². The molecule has 0 spiro atoms. The van der Waals surface area contributed by atoms with Gasteiger partial charge in [-0.25, -0.2) is 4.68 Å². The predicted octanol–water partition coefficient (Wildman–Crippen LogP) is 4.91. The summed E-state index contributed by atoms with van der Waals surface area (Å²) in [5.41, 5.74) is 4.29. The van der Waals surface area contributed by atoms with E-state index in [0.717, 1.165) is 27.6 Å². The number of rotatable bonds is 10. The van der Waals surface area contributed by atoms with Crippen LogP contribution in [-0.2, 0) is 24.4 Å². The van der Waals surface area contributed by atoms with Gasteiger partial charge in [0.15, 0.2) is 5.82 Å². The maximum absolute atomic E-state index is 13.6. The van der Waals surface area contributed by atoms with Gasteiger partial charge >= 0.3 is 0 Å². The van der Waals surface area contributed by atoms with Crippen molar-refractivity contribution >= 4 is 22.5 Å². The molecule has 1 unspecified atom stereocenters. The molecular formula is C29H29ClN6O2. The highest BCUT2D eigenvalue weighted by Crippen LogP contribution is 2.31. The largest absolute Gasteiger partial charge is 0.383 e. The quantitative estimate of drug-likeness (QED) is 0.277. The summed E-state index contributed by atoms with van der Waals surface area (Å²) in [4.78, 5) is 18.9. The number of tetrazole rings is 1. The third kappa shape index (κ3) is 5.67. The van der Waals surface area contributed by atoms with Crippen molar-refractivity contribution in [3.05, 3.63) is 122 Å². The van der Waals surface area contributed by atoms with Gasteiger partial charge in [-0.1, -0.05) is 71.8 Å². The molecule has 194 valence electrons. The molecule has 0 saturated carbocycles. The maximum atomic E-state index is 13.6. The average Bonchev–Trinajstić information content (AvgIpc) is 3.38. The lowest BCUT2D eigenvalue weighted by Gasteiger charge is -2.31. The number of fused-ring (bicyclic) bond motifs is 1. The van der Waals surface area contributed by atoms with Crippen LogP contribution in [0.15, 0.2) is 83.7 Å². The Morgan fingerprint density at radius 3 is 2.61 bits per heavy atom. The lowest BCUT2D eigenvalue weighted by Crippen LogP contribution is -2.35. The molecule has 1 atom stereocenters. The lowest BCUT2D eigenvalue weighted by molar-refractivity contribution is 0.169. The first-order chi connectivity index (χ1) is 18.5. The predicted molar refractivity (Wildman–Crippen MR) is 148 cm³/mol. The Hall–Kier alpha value is -3.85. The van der Waals surface area contributed by atoms with Gasteiger partial charge in [-0.05, 0) is 58.1 Å². The Morgan fingerprint density at radius 1 is 1.03 bits per heavy atom. The second kappa shape index (κ2) is 11.7. The molecule has 8 nitrogen and oxygen atoms in total. The Balaban J connectivity index is 1.70. The van der Waals surface area contributed by atoms with Crippen molar-refractivity contribution in [2.24, 2.45) is 0 Å². The Kier molecular flexibility index (Phi) is 7.93. The zero-order chi connectivity index (χ0) is 26.5. The number of nitrogens with zero attached hydrogens (tertiary/aromatic N) is 5. The average molecular weight is 529 g/mol. The van der Waals surface area contributed by atoms with E-state index in [0.29, 0.717) is 42.7 Å². The zero-order valence-electron chi connectivity index (χ0n) is 21.3. The highest BCUT2D eigenvalue weighted by molar-refractivity contribution is 6.31. The number of nitrogens with one attached hydrogen (secondary N) is 1. The van der Waals surface area contributed by atoms with Gasteiger partial charge in [0.1, 0.15) is 6.04 Å². The number of ether oxygens (including phenoxy) is 1. The van der Waals surface area contributed by atoms with E-state index in [9.17, 15) is 4.79 Å². The van der Waals surface area contributed by atoms with Crippen LogP contribution in [0.1, 0.15) is 34.1 Å². The minimum absolute atomic E-state index is 0.190. The molecule has 1 N–H and O–H groups in total. The topological polar surface area (TPSA) is 88.9 Å². The molecule has 9 heteroatoms. The molecule has 0 saturated heterocycles. The summed E-state index contributed by atoms with van der Waals surface area (Å²) < 4.78 is 7.01. The van der Waals surface area contributed by atoms with Crippen LogP contribution < -0.4 is 5.56 Å². The molecular weight excluding hydrogens is 500 g/mol. The molecule has 5 aromatic rings. The Morgan fingerprint density at radius 2 is 1.82 bits per heavy atom.